The zero-order chi connectivity index (χ0) is 16.0. The molecule has 2 N–H and O–H groups in total. The largest absolute Gasteiger partial charge is 0.416 e. The molecule has 0 aliphatic carbocycles. The average molecular weight is 303 g/mol. The van der Waals surface area contributed by atoms with Crippen molar-refractivity contribution in [2.75, 3.05) is 6.61 Å². The molecular weight excluding hydrogens is 279 g/mol. The summed E-state index contributed by atoms with van der Waals surface area (Å²) in [7, 11) is 0. The molecule has 5 heteroatoms. The maximum absolute atomic E-state index is 12.7. The molecule has 0 bridgehead atoms. The molecule has 0 aliphatic rings. The number of hydrogen-bond acceptors (Lipinski definition) is 2. The van der Waals surface area contributed by atoms with Crippen LogP contribution in [0, 0.1) is 5.92 Å². The van der Waals surface area contributed by atoms with E-state index >= 15 is 0 Å². The van der Waals surface area contributed by atoms with Gasteiger partial charge in [0.1, 0.15) is 0 Å². The average Bonchev–Trinajstić information content (AvgIpc) is 2.43. The van der Waals surface area contributed by atoms with Gasteiger partial charge in [-0.05, 0) is 30.9 Å². The van der Waals surface area contributed by atoms with Gasteiger partial charge in [0.15, 0.2) is 0 Å². The molecule has 0 aliphatic heterocycles. The van der Waals surface area contributed by atoms with E-state index in [4.69, 9.17) is 0 Å². The molecule has 0 unspecified atom stereocenters. The van der Waals surface area contributed by atoms with Crippen LogP contribution in [0.1, 0.15) is 38.3 Å². The van der Waals surface area contributed by atoms with Gasteiger partial charge >= 0.3 is 6.18 Å². The van der Waals surface area contributed by atoms with Crippen molar-refractivity contribution in [2.45, 2.75) is 51.9 Å². The van der Waals surface area contributed by atoms with E-state index in [1.54, 1.807) is 6.07 Å². The summed E-state index contributed by atoms with van der Waals surface area (Å²) in [4.78, 5) is 0. The Hall–Kier alpha value is -1.07. The summed E-state index contributed by atoms with van der Waals surface area (Å²) in [5, 5.41) is 12.7. The molecule has 0 amide bonds. The molecule has 0 heterocycles. The minimum atomic E-state index is -4.31. The highest BCUT2D eigenvalue weighted by Gasteiger charge is 2.30. The molecule has 120 valence electrons. The molecule has 0 radical (unpaired) electrons. The van der Waals surface area contributed by atoms with Crippen molar-refractivity contribution in [3.8, 4) is 0 Å². The lowest BCUT2D eigenvalue weighted by Crippen LogP contribution is -2.44. The highest BCUT2D eigenvalue weighted by atomic mass is 19.4. The summed E-state index contributed by atoms with van der Waals surface area (Å²) < 4.78 is 38.0. The summed E-state index contributed by atoms with van der Waals surface area (Å²) in [6.07, 6.45) is -2.87. The highest BCUT2D eigenvalue weighted by Crippen LogP contribution is 2.29. The lowest BCUT2D eigenvalue weighted by atomic mass is 9.97. The van der Waals surface area contributed by atoms with E-state index in [1.807, 2.05) is 20.8 Å². The van der Waals surface area contributed by atoms with Gasteiger partial charge < -0.3 is 10.4 Å². The molecule has 2 nitrogen and oxygen atoms in total. The van der Waals surface area contributed by atoms with E-state index in [1.165, 1.54) is 12.1 Å². The van der Waals surface area contributed by atoms with Gasteiger partial charge in [-0.2, -0.15) is 13.2 Å². The Kier molecular flexibility index (Phi) is 6.68. The Morgan fingerprint density at radius 1 is 1.24 bits per heavy atom. The van der Waals surface area contributed by atoms with Crippen molar-refractivity contribution < 1.29 is 18.3 Å². The summed E-state index contributed by atoms with van der Waals surface area (Å²) in [5.41, 5.74) is 0.0264. The van der Waals surface area contributed by atoms with Crippen LogP contribution in [0.15, 0.2) is 24.3 Å². The zero-order valence-electron chi connectivity index (χ0n) is 12.7. The van der Waals surface area contributed by atoms with Gasteiger partial charge in [0.2, 0.25) is 0 Å². The second-order valence-electron chi connectivity index (χ2n) is 5.64. The second-order valence-corrected chi connectivity index (χ2v) is 5.64. The molecule has 1 aromatic carbocycles. The van der Waals surface area contributed by atoms with Crippen LogP contribution in [0.5, 0.6) is 0 Å². The molecule has 0 saturated heterocycles. The van der Waals surface area contributed by atoms with Gasteiger partial charge in [0.05, 0.1) is 12.2 Å². The van der Waals surface area contributed by atoms with E-state index in [0.717, 1.165) is 12.5 Å². The summed E-state index contributed by atoms with van der Waals surface area (Å²) in [6.45, 7) is 6.05. The molecule has 1 aromatic rings. The zero-order valence-corrected chi connectivity index (χ0v) is 12.7. The normalized spacial score (nSPS) is 16.5. The molecule has 1 rings (SSSR count). The van der Waals surface area contributed by atoms with Crippen molar-refractivity contribution in [3.05, 3.63) is 35.4 Å². The van der Waals surface area contributed by atoms with E-state index in [2.05, 4.69) is 5.32 Å². The SMILES string of the molecule is CC[C@H](C)[C@@H](CO)N[C@H](C)Cc1cccc(C(F)(F)F)c1. The number of nitrogens with one attached hydrogen (secondary N) is 1. The summed E-state index contributed by atoms with van der Waals surface area (Å²) in [5.74, 6) is 0.318. The van der Waals surface area contributed by atoms with Crippen LogP contribution in [-0.2, 0) is 12.6 Å². The van der Waals surface area contributed by atoms with Crippen LogP contribution in [-0.4, -0.2) is 23.8 Å². The fourth-order valence-corrected chi connectivity index (χ4v) is 2.33. The second kappa shape index (κ2) is 7.80. The highest BCUT2D eigenvalue weighted by molar-refractivity contribution is 5.26. The lowest BCUT2D eigenvalue weighted by molar-refractivity contribution is -0.137. The number of benzene rings is 1. The Balaban J connectivity index is 2.68. The Morgan fingerprint density at radius 2 is 1.90 bits per heavy atom. The van der Waals surface area contributed by atoms with Crippen molar-refractivity contribution >= 4 is 0 Å². The number of halogens is 3. The van der Waals surface area contributed by atoms with Crippen molar-refractivity contribution in [3.63, 3.8) is 0 Å². The number of aliphatic hydroxyl groups is 1. The number of alkyl halides is 3. The molecule has 0 fully saturated rings. The predicted molar refractivity (Wildman–Crippen MR) is 78.1 cm³/mol. The standard InChI is InChI=1S/C16H24F3NO/c1-4-11(2)15(10-21)20-12(3)8-13-6-5-7-14(9-13)16(17,18)19/h5-7,9,11-12,15,20-21H,4,8,10H2,1-3H3/t11-,12+,15+/m0/s1. The van der Waals surface area contributed by atoms with Crippen molar-refractivity contribution in [1.29, 1.82) is 0 Å². The molecule has 0 aromatic heterocycles. The van der Waals surface area contributed by atoms with Crippen LogP contribution in [0.25, 0.3) is 0 Å². The van der Waals surface area contributed by atoms with Crippen LogP contribution < -0.4 is 5.32 Å². The third-order valence-electron chi connectivity index (χ3n) is 3.82. The van der Waals surface area contributed by atoms with Gasteiger partial charge in [-0.1, -0.05) is 38.5 Å². The predicted octanol–water partition coefficient (Wildman–Crippen LogP) is 3.63. The van der Waals surface area contributed by atoms with Crippen LogP contribution in [0.3, 0.4) is 0 Å². The van der Waals surface area contributed by atoms with E-state index in [-0.39, 0.29) is 18.7 Å². The fourth-order valence-electron chi connectivity index (χ4n) is 2.33. The van der Waals surface area contributed by atoms with Gasteiger partial charge in [-0.3, -0.25) is 0 Å². The van der Waals surface area contributed by atoms with Gasteiger partial charge in [0, 0.05) is 12.1 Å². The Morgan fingerprint density at radius 3 is 2.43 bits per heavy atom. The van der Waals surface area contributed by atoms with E-state index in [0.29, 0.717) is 17.9 Å². The van der Waals surface area contributed by atoms with E-state index in [9.17, 15) is 18.3 Å². The van der Waals surface area contributed by atoms with Crippen LogP contribution in [0.2, 0.25) is 0 Å². The number of rotatable bonds is 7. The smallest absolute Gasteiger partial charge is 0.395 e. The van der Waals surface area contributed by atoms with Gasteiger partial charge in [0.25, 0.3) is 0 Å². The van der Waals surface area contributed by atoms with Crippen molar-refractivity contribution in [2.24, 2.45) is 5.92 Å². The van der Waals surface area contributed by atoms with Gasteiger partial charge in [-0.25, -0.2) is 0 Å². The summed E-state index contributed by atoms with van der Waals surface area (Å²) >= 11 is 0. The van der Waals surface area contributed by atoms with Crippen LogP contribution in [0.4, 0.5) is 13.2 Å². The molecule has 0 spiro atoms. The summed E-state index contributed by atoms with van der Waals surface area (Å²) in [6, 6.07) is 5.37. The molecule has 0 saturated carbocycles. The first-order valence-corrected chi connectivity index (χ1v) is 7.31. The third-order valence-corrected chi connectivity index (χ3v) is 3.82. The maximum Gasteiger partial charge on any atom is 0.416 e. The lowest BCUT2D eigenvalue weighted by Gasteiger charge is -2.26. The fraction of sp³-hybridized carbons (Fsp3) is 0.625. The number of aliphatic hydroxyl groups excluding tert-OH is 1. The third kappa shape index (κ3) is 5.67. The quantitative estimate of drug-likeness (QED) is 0.806. The molecular formula is C16H24F3NO. The maximum atomic E-state index is 12.7. The number of hydrogen-bond donors (Lipinski definition) is 2. The first-order valence-electron chi connectivity index (χ1n) is 7.31. The minimum Gasteiger partial charge on any atom is -0.395 e. The van der Waals surface area contributed by atoms with Crippen molar-refractivity contribution in [1.82, 2.24) is 5.32 Å². The Labute approximate surface area is 124 Å². The van der Waals surface area contributed by atoms with Gasteiger partial charge in [-0.15, -0.1) is 0 Å². The monoisotopic (exact) mass is 303 g/mol. The Bertz CT molecular complexity index is 434. The molecule has 21 heavy (non-hydrogen) atoms. The van der Waals surface area contributed by atoms with E-state index < -0.39 is 11.7 Å². The first kappa shape index (κ1) is 18.0. The minimum absolute atomic E-state index is 0.000339. The topological polar surface area (TPSA) is 32.3 Å². The first-order chi connectivity index (χ1) is 9.77. The van der Waals surface area contributed by atoms with Crippen LogP contribution >= 0.6 is 0 Å². The molecule has 3 atom stereocenters.